The zero-order valence-corrected chi connectivity index (χ0v) is 24.1. The van der Waals surface area contributed by atoms with E-state index in [0.29, 0.717) is 24.3 Å². The molecule has 1 spiro atoms. The Labute approximate surface area is 231 Å². The van der Waals surface area contributed by atoms with Crippen molar-refractivity contribution >= 4 is 11.7 Å². The van der Waals surface area contributed by atoms with Crippen LogP contribution < -0.4 is 9.64 Å². The quantitative estimate of drug-likeness (QED) is 0.447. The number of benzene rings is 1. The maximum atomic E-state index is 14.2. The average Bonchev–Trinajstić information content (AvgIpc) is 3.30. The normalized spacial score (nSPS) is 18.5. The van der Waals surface area contributed by atoms with E-state index in [1.54, 1.807) is 4.90 Å². The van der Waals surface area contributed by atoms with Crippen LogP contribution in [0.1, 0.15) is 71.2 Å². The first-order chi connectivity index (χ1) is 18.5. The van der Waals surface area contributed by atoms with Gasteiger partial charge in [0.15, 0.2) is 5.82 Å². The number of aromatic nitrogens is 3. The van der Waals surface area contributed by atoms with Gasteiger partial charge in [0.1, 0.15) is 17.9 Å². The van der Waals surface area contributed by atoms with Crippen LogP contribution in [0.5, 0.6) is 11.6 Å². The summed E-state index contributed by atoms with van der Waals surface area (Å²) < 4.78 is 20.3. The smallest absolute Gasteiger partial charge is 0.282 e. The molecule has 214 valence electrons. The van der Waals surface area contributed by atoms with Crippen molar-refractivity contribution in [2.75, 3.05) is 37.6 Å². The summed E-state index contributed by atoms with van der Waals surface area (Å²) in [6.07, 6.45) is 3.97. The minimum atomic E-state index is -0.507. The van der Waals surface area contributed by atoms with Crippen LogP contribution in [0.15, 0.2) is 24.5 Å². The number of halogens is 1. The fourth-order valence-corrected chi connectivity index (χ4v) is 6.08. The molecule has 2 aromatic rings. The monoisotopic (exact) mass is 542 g/mol. The topological polar surface area (TPSA) is 94.9 Å². The lowest BCUT2D eigenvalue weighted by Crippen LogP contribution is -2.62. The fourth-order valence-electron chi connectivity index (χ4n) is 6.08. The maximum Gasteiger partial charge on any atom is 0.282 e. The van der Waals surface area contributed by atoms with Crippen LogP contribution in [0.25, 0.3) is 0 Å². The summed E-state index contributed by atoms with van der Waals surface area (Å²) >= 11 is 0. The average molecular weight is 543 g/mol. The molecule has 10 heteroatoms. The molecule has 9 nitrogen and oxygen atoms in total. The van der Waals surface area contributed by atoms with Gasteiger partial charge in [0.05, 0.1) is 11.7 Å². The second-order valence-corrected chi connectivity index (χ2v) is 11.8. The Morgan fingerprint density at radius 1 is 1.18 bits per heavy atom. The number of rotatable bonds is 11. The van der Waals surface area contributed by atoms with Crippen molar-refractivity contribution in [2.24, 2.45) is 11.3 Å². The molecule has 1 aromatic heterocycles. The number of nitrogens with zero attached hydrogens (tertiary/aromatic N) is 6. The van der Waals surface area contributed by atoms with Gasteiger partial charge in [-0.15, -0.1) is 10.2 Å². The Morgan fingerprint density at radius 2 is 1.92 bits per heavy atom. The van der Waals surface area contributed by atoms with Gasteiger partial charge in [0.2, 0.25) is 0 Å². The summed E-state index contributed by atoms with van der Waals surface area (Å²) in [5, 5.41) is 17.9. The van der Waals surface area contributed by atoms with Crippen molar-refractivity contribution < 1.29 is 19.0 Å². The molecule has 3 heterocycles. The lowest BCUT2D eigenvalue weighted by Gasteiger charge is -2.53. The third-order valence-corrected chi connectivity index (χ3v) is 8.11. The number of aliphatic hydroxyl groups excluding tert-OH is 1. The molecule has 39 heavy (non-hydrogen) atoms. The van der Waals surface area contributed by atoms with Gasteiger partial charge in [-0.3, -0.25) is 9.69 Å². The van der Waals surface area contributed by atoms with E-state index >= 15 is 0 Å². The summed E-state index contributed by atoms with van der Waals surface area (Å²) in [7, 11) is 0. The molecule has 4 rings (SSSR count). The third kappa shape index (κ3) is 6.49. The van der Waals surface area contributed by atoms with E-state index in [-0.39, 0.29) is 40.7 Å². The van der Waals surface area contributed by atoms with Gasteiger partial charge in [-0.2, -0.15) is 0 Å². The third-order valence-electron chi connectivity index (χ3n) is 8.11. The molecule has 1 N–H and O–H groups in total. The van der Waals surface area contributed by atoms with E-state index in [1.807, 2.05) is 27.7 Å². The van der Waals surface area contributed by atoms with Gasteiger partial charge < -0.3 is 19.6 Å². The number of carbonyl (C=O) groups excluding carboxylic acids is 1. The molecular weight excluding hydrogens is 499 g/mol. The van der Waals surface area contributed by atoms with E-state index in [9.17, 15) is 14.3 Å². The summed E-state index contributed by atoms with van der Waals surface area (Å²) in [4.78, 5) is 24.2. The van der Waals surface area contributed by atoms with Crippen LogP contribution in [0, 0.1) is 17.2 Å². The van der Waals surface area contributed by atoms with E-state index in [4.69, 9.17) is 4.74 Å². The first-order valence-electron chi connectivity index (χ1n) is 14.2. The summed E-state index contributed by atoms with van der Waals surface area (Å²) in [6.45, 7) is 16.3. The number of ether oxygens (including phenoxy) is 1. The Morgan fingerprint density at radius 3 is 2.56 bits per heavy atom. The zero-order valence-electron chi connectivity index (χ0n) is 24.1. The minimum Gasteiger partial charge on any atom is -0.434 e. The molecule has 2 atom stereocenters. The van der Waals surface area contributed by atoms with Gasteiger partial charge in [0, 0.05) is 50.2 Å². The molecule has 2 fully saturated rings. The predicted octanol–water partition coefficient (Wildman–Crippen LogP) is 4.37. The highest BCUT2D eigenvalue weighted by Crippen LogP contribution is 2.44. The maximum absolute atomic E-state index is 14.2. The summed E-state index contributed by atoms with van der Waals surface area (Å²) in [5.74, 6) is 0.726. The minimum absolute atomic E-state index is 0.0440. The number of hydrogen-bond donors (Lipinski definition) is 1. The molecule has 2 saturated heterocycles. The van der Waals surface area contributed by atoms with Crippen molar-refractivity contribution in [3.05, 3.63) is 35.9 Å². The Hall–Kier alpha value is -2.85. The predicted molar refractivity (Wildman–Crippen MR) is 149 cm³/mol. The highest BCUT2D eigenvalue weighted by molar-refractivity contribution is 5.97. The van der Waals surface area contributed by atoms with Crippen LogP contribution in [-0.4, -0.2) is 86.9 Å². The van der Waals surface area contributed by atoms with Gasteiger partial charge in [-0.25, -0.2) is 9.37 Å². The summed E-state index contributed by atoms with van der Waals surface area (Å²) in [6, 6.07) is 4.36. The molecule has 0 radical (unpaired) electrons. The van der Waals surface area contributed by atoms with Crippen molar-refractivity contribution in [1.82, 2.24) is 25.0 Å². The molecule has 0 bridgehead atoms. The number of carbonyl (C=O) groups is 1. The van der Waals surface area contributed by atoms with E-state index in [2.05, 4.69) is 38.8 Å². The molecule has 0 saturated carbocycles. The molecule has 2 unspecified atom stereocenters. The molecular formula is C29H43FN6O3. The first kappa shape index (κ1) is 29.1. The molecule has 1 aromatic carbocycles. The zero-order chi connectivity index (χ0) is 28.3. The number of hydrogen-bond acceptors (Lipinski definition) is 8. The van der Waals surface area contributed by atoms with Gasteiger partial charge in [-0.05, 0) is 71.1 Å². The van der Waals surface area contributed by atoms with Crippen molar-refractivity contribution in [3.63, 3.8) is 0 Å². The van der Waals surface area contributed by atoms with Crippen molar-refractivity contribution in [1.29, 1.82) is 0 Å². The molecule has 2 aliphatic heterocycles. The lowest BCUT2D eigenvalue weighted by molar-refractivity contribution is -0.0366. The summed E-state index contributed by atoms with van der Waals surface area (Å²) in [5.41, 5.74) is 0.322. The van der Waals surface area contributed by atoms with Crippen LogP contribution in [-0.2, 0) is 0 Å². The van der Waals surface area contributed by atoms with Crippen LogP contribution >= 0.6 is 0 Å². The van der Waals surface area contributed by atoms with Gasteiger partial charge in [-0.1, -0.05) is 13.8 Å². The SMILES string of the molecule is CCN(C(=O)c1cc(F)ccc1Oc1nncnc1N1CCC2(C1)CN(C(CCC(C)O)C(C)C)C2)C(C)C. The number of aliphatic hydroxyl groups is 1. The Balaban J connectivity index is 1.49. The van der Waals surface area contributed by atoms with E-state index in [1.165, 1.54) is 24.5 Å². The van der Waals surface area contributed by atoms with Crippen molar-refractivity contribution in [2.45, 2.75) is 79.0 Å². The Kier molecular flexibility index (Phi) is 9.06. The number of likely N-dealkylation sites (tertiary alicyclic amines) is 1. The second kappa shape index (κ2) is 12.1. The largest absolute Gasteiger partial charge is 0.434 e. The second-order valence-electron chi connectivity index (χ2n) is 11.8. The van der Waals surface area contributed by atoms with Crippen molar-refractivity contribution in [3.8, 4) is 11.6 Å². The highest BCUT2D eigenvalue weighted by atomic mass is 19.1. The number of amides is 1. The number of anilines is 1. The molecule has 0 aliphatic carbocycles. The first-order valence-corrected chi connectivity index (χ1v) is 14.2. The highest BCUT2D eigenvalue weighted by Gasteiger charge is 2.50. The van der Waals surface area contributed by atoms with Crippen LogP contribution in [0.3, 0.4) is 0 Å². The fraction of sp³-hybridized carbons (Fsp3) is 0.655. The van der Waals surface area contributed by atoms with Crippen LogP contribution in [0.4, 0.5) is 10.2 Å². The van der Waals surface area contributed by atoms with E-state index < -0.39 is 5.82 Å². The van der Waals surface area contributed by atoms with E-state index in [0.717, 1.165) is 45.4 Å². The van der Waals surface area contributed by atoms with Gasteiger partial charge >= 0.3 is 0 Å². The lowest BCUT2D eigenvalue weighted by atomic mass is 9.76. The Bertz CT molecular complexity index is 1140. The standard InChI is InChI=1S/C29H43FN6O3/c1-7-36(20(4)5)28(38)23-14-22(30)9-11-25(23)39-27-26(31-18-32-33-27)34-13-12-29(15-34)16-35(17-29)24(19(2)3)10-8-21(6)37/h9,11,14,18-21,24,37H,7-8,10,12-13,15-17H2,1-6H3. The molecule has 2 aliphatic rings. The van der Waals surface area contributed by atoms with Gasteiger partial charge in [0.25, 0.3) is 11.8 Å². The molecule has 1 amide bonds. The van der Waals surface area contributed by atoms with Crippen LogP contribution in [0.2, 0.25) is 0 Å².